The van der Waals surface area contributed by atoms with Crippen molar-refractivity contribution in [3.8, 4) is 11.5 Å². The molecule has 4 aromatic carbocycles. The van der Waals surface area contributed by atoms with E-state index in [9.17, 15) is 9.59 Å². The van der Waals surface area contributed by atoms with Crippen LogP contribution < -0.4 is 19.7 Å². The standard InChI is InChI=1S/C33H33FN6O4/c1-38(2)25-16-14-24(15-17-25)35-33(42)32(22-13-18-29(43-3)30(19-22)44-4)39(20-23-9-5-6-10-26(23)34)31(41)21-40-28-12-8-7-11-27(28)36-37-40/h5-19,32H,20-21H2,1-4H3,(H,35,42). The maximum atomic E-state index is 15.0. The Morgan fingerprint density at radius 3 is 2.32 bits per heavy atom. The number of anilines is 2. The van der Waals surface area contributed by atoms with Gasteiger partial charge in [-0.1, -0.05) is 41.6 Å². The van der Waals surface area contributed by atoms with Crippen LogP contribution in [0.4, 0.5) is 15.8 Å². The van der Waals surface area contributed by atoms with Crippen molar-refractivity contribution in [2.24, 2.45) is 0 Å². The molecule has 1 N–H and O–H groups in total. The molecule has 0 saturated heterocycles. The number of rotatable bonds is 11. The number of nitrogens with zero attached hydrogens (tertiary/aromatic N) is 5. The fourth-order valence-corrected chi connectivity index (χ4v) is 4.94. The van der Waals surface area contributed by atoms with E-state index in [0.29, 0.717) is 33.8 Å². The van der Waals surface area contributed by atoms with Crippen LogP contribution in [0, 0.1) is 5.82 Å². The zero-order chi connectivity index (χ0) is 31.2. The third kappa shape index (κ3) is 6.46. The summed E-state index contributed by atoms with van der Waals surface area (Å²) in [6, 6.07) is 24.5. The van der Waals surface area contributed by atoms with Crippen LogP contribution in [0.1, 0.15) is 17.2 Å². The lowest BCUT2D eigenvalue weighted by Crippen LogP contribution is -2.42. The Morgan fingerprint density at radius 2 is 1.61 bits per heavy atom. The molecule has 0 fully saturated rings. The SMILES string of the molecule is COc1ccc(C(C(=O)Nc2ccc(N(C)C)cc2)N(Cc2ccccc2F)C(=O)Cn2nnc3ccccc32)cc1OC. The van der Waals surface area contributed by atoms with Crippen LogP contribution in [0.25, 0.3) is 11.0 Å². The predicted molar refractivity (Wildman–Crippen MR) is 166 cm³/mol. The minimum Gasteiger partial charge on any atom is -0.493 e. The molecular formula is C33H33FN6O4. The number of ether oxygens (including phenoxy) is 2. The molecule has 5 rings (SSSR count). The first-order valence-electron chi connectivity index (χ1n) is 13.9. The Labute approximate surface area is 254 Å². The van der Waals surface area contributed by atoms with Gasteiger partial charge in [0.1, 0.15) is 23.9 Å². The second-order valence-corrected chi connectivity index (χ2v) is 10.3. The fourth-order valence-electron chi connectivity index (χ4n) is 4.94. The van der Waals surface area contributed by atoms with Crippen molar-refractivity contribution in [1.29, 1.82) is 0 Å². The monoisotopic (exact) mass is 596 g/mol. The Bertz CT molecular complexity index is 1770. The number of nitrogens with one attached hydrogen (secondary N) is 1. The second-order valence-electron chi connectivity index (χ2n) is 10.3. The van der Waals surface area contributed by atoms with Crippen LogP contribution in [0.5, 0.6) is 11.5 Å². The number of fused-ring (bicyclic) bond motifs is 1. The van der Waals surface area contributed by atoms with E-state index in [-0.39, 0.29) is 18.7 Å². The third-order valence-corrected chi connectivity index (χ3v) is 7.26. The van der Waals surface area contributed by atoms with Gasteiger partial charge in [-0.25, -0.2) is 9.07 Å². The van der Waals surface area contributed by atoms with Crippen LogP contribution in [-0.2, 0) is 22.7 Å². The minimum absolute atomic E-state index is 0.190. The molecule has 0 saturated carbocycles. The lowest BCUT2D eigenvalue weighted by Gasteiger charge is -2.32. The summed E-state index contributed by atoms with van der Waals surface area (Å²) < 4.78 is 27.4. The molecule has 0 bridgehead atoms. The Balaban J connectivity index is 1.59. The smallest absolute Gasteiger partial charge is 0.251 e. The first-order chi connectivity index (χ1) is 21.3. The minimum atomic E-state index is -1.19. The second kappa shape index (κ2) is 13.2. The highest BCUT2D eigenvalue weighted by atomic mass is 19.1. The molecule has 44 heavy (non-hydrogen) atoms. The van der Waals surface area contributed by atoms with E-state index in [2.05, 4.69) is 15.6 Å². The number of para-hydroxylation sites is 1. The highest BCUT2D eigenvalue weighted by Crippen LogP contribution is 2.34. The number of aromatic nitrogens is 3. The molecule has 10 nitrogen and oxygen atoms in total. The van der Waals surface area contributed by atoms with E-state index in [4.69, 9.17) is 9.47 Å². The summed E-state index contributed by atoms with van der Waals surface area (Å²) in [6.07, 6.45) is 0. The maximum Gasteiger partial charge on any atom is 0.251 e. The lowest BCUT2D eigenvalue weighted by molar-refractivity contribution is -0.140. The van der Waals surface area contributed by atoms with Crippen LogP contribution in [0.15, 0.2) is 91.0 Å². The topological polar surface area (TPSA) is 102 Å². The van der Waals surface area contributed by atoms with Gasteiger partial charge < -0.3 is 24.6 Å². The van der Waals surface area contributed by atoms with Gasteiger partial charge in [0.05, 0.1) is 19.7 Å². The molecule has 226 valence electrons. The molecule has 1 aromatic heterocycles. The van der Waals surface area contributed by atoms with Gasteiger partial charge in [-0.3, -0.25) is 9.59 Å². The van der Waals surface area contributed by atoms with E-state index in [1.165, 1.54) is 29.9 Å². The van der Waals surface area contributed by atoms with Crippen LogP contribution in [-0.4, -0.2) is 60.0 Å². The van der Waals surface area contributed by atoms with E-state index in [1.54, 1.807) is 60.7 Å². The van der Waals surface area contributed by atoms with Gasteiger partial charge in [0.25, 0.3) is 5.91 Å². The van der Waals surface area contributed by atoms with Gasteiger partial charge in [-0.2, -0.15) is 0 Å². The highest BCUT2D eigenvalue weighted by Gasteiger charge is 2.33. The molecule has 5 aromatic rings. The van der Waals surface area contributed by atoms with Crippen LogP contribution in [0.2, 0.25) is 0 Å². The molecule has 1 atom stereocenters. The number of hydrogen-bond donors (Lipinski definition) is 1. The summed E-state index contributed by atoms with van der Waals surface area (Å²) in [5, 5.41) is 11.3. The number of carbonyl (C=O) groups is 2. The van der Waals surface area contributed by atoms with E-state index in [1.807, 2.05) is 43.3 Å². The average Bonchev–Trinajstić information content (AvgIpc) is 3.44. The lowest BCUT2D eigenvalue weighted by atomic mass is 10.0. The molecule has 0 radical (unpaired) electrons. The molecule has 2 amide bonds. The van der Waals surface area contributed by atoms with Crippen molar-refractivity contribution < 1.29 is 23.5 Å². The van der Waals surface area contributed by atoms with Gasteiger partial charge >= 0.3 is 0 Å². The van der Waals surface area contributed by atoms with Gasteiger partial charge in [0, 0.05) is 37.6 Å². The number of hydrogen-bond acceptors (Lipinski definition) is 7. The molecule has 11 heteroatoms. The predicted octanol–water partition coefficient (Wildman–Crippen LogP) is 5.06. The first kappa shape index (κ1) is 30.0. The molecular weight excluding hydrogens is 563 g/mol. The van der Waals surface area contributed by atoms with Gasteiger partial charge in [-0.15, -0.1) is 5.10 Å². The average molecular weight is 597 g/mol. The quantitative estimate of drug-likeness (QED) is 0.227. The summed E-state index contributed by atoms with van der Waals surface area (Å²) in [5.74, 6) is -0.638. The van der Waals surface area contributed by atoms with E-state index >= 15 is 4.39 Å². The normalized spacial score (nSPS) is 11.6. The molecule has 1 heterocycles. The first-order valence-corrected chi connectivity index (χ1v) is 13.9. The molecule has 1 unspecified atom stereocenters. The highest BCUT2D eigenvalue weighted by molar-refractivity contribution is 5.98. The van der Waals surface area contributed by atoms with Crippen molar-refractivity contribution in [3.63, 3.8) is 0 Å². The molecule has 0 aliphatic rings. The Morgan fingerprint density at radius 1 is 0.909 bits per heavy atom. The summed E-state index contributed by atoms with van der Waals surface area (Å²) in [7, 11) is 6.84. The van der Waals surface area contributed by atoms with Gasteiger partial charge in [0.15, 0.2) is 11.5 Å². The largest absolute Gasteiger partial charge is 0.493 e. The van der Waals surface area contributed by atoms with Crippen LogP contribution >= 0.6 is 0 Å². The summed E-state index contributed by atoms with van der Waals surface area (Å²) >= 11 is 0. The van der Waals surface area contributed by atoms with Crippen molar-refractivity contribution in [2.75, 3.05) is 38.5 Å². The zero-order valence-electron chi connectivity index (χ0n) is 24.9. The summed E-state index contributed by atoms with van der Waals surface area (Å²) in [5.41, 5.74) is 3.45. The van der Waals surface area contributed by atoms with Crippen molar-refractivity contribution in [1.82, 2.24) is 19.9 Å². The number of benzene rings is 4. The Kier molecular flexibility index (Phi) is 9.03. The van der Waals surface area contributed by atoms with Gasteiger partial charge in [0.2, 0.25) is 5.91 Å². The third-order valence-electron chi connectivity index (χ3n) is 7.26. The maximum absolute atomic E-state index is 15.0. The van der Waals surface area contributed by atoms with Crippen molar-refractivity contribution in [2.45, 2.75) is 19.1 Å². The number of carbonyl (C=O) groups excluding carboxylic acids is 2. The number of amides is 2. The molecule has 0 aliphatic carbocycles. The van der Waals surface area contributed by atoms with Crippen molar-refractivity contribution >= 4 is 34.2 Å². The molecule has 0 aliphatic heterocycles. The Hall–Kier alpha value is -5.45. The fraction of sp³-hybridized carbons (Fsp3) is 0.212. The summed E-state index contributed by atoms with van der Waals surface area (Å²) in [4.78, 5) is 31.7. The number of halogens is 1. The van der Waals surface area contributed by atoms with Crippen molar-refractivity contribution in [3.05, 3.63) is 108 Å². The molecule has 0 spiro atoms. The van der Waals surface area contributed by atoms with E-state index in [0.717, 1.165) is 5.69 Å². The van der Waals surface area contributed by atoms with E-state index < -0.39 is 23.7 Å². The number of methoxy groups -OCH3 is 2. The van der Waals surface area contributed by atoms with Crippen LogP contribution in [0.3, 0.4) is 0 Å². The summed E-state index contributed by atoms with van der Waals surface area (Å²) in [6.45, 7) is -0.423. The zero-order valence-corrected chi connectivity index (χ0v) is 24.9. The van der Waals surface area contributed by atoms with Gasteiger partial charge in [-0.05, 0) is 60.2 Å².